The van der Waals surface area contributed by atoms with E-state index in [4.69, 9.17) is 11.6 Å². The fourth-order valence-electron chi connectivity index (χ4n) is 2.20. The molecule has 5 heteroatoms. The number of hydrogen-bond acceptors (Lipinski definition) is 2. The van der Waals surface area contributed by atoms with Crippen molar-refractivity contribution in [2.75, 3.05) is 0 Å². The van der Waals surface area contributed by atoms with Gasteiger partial charge < -0.3 is 5.11 Å². The van der Waals surface area contributed by atoms with E-state index in [1.54, 1.807) is 4.68 Å². The van der Waals surface area contributed by atoms with Crippen LogP contribution in [0.2, 0.25) is 5.15 Å². The maximum absolute atomic E-state index is 9.54. The highest BCUT2D eigenvalue weighted by atomic mass is 79.9. The molecule has 108 valence electrons. The largest absolute Gasteiger partial charge is 0.391 e. The third kappa shape index (κ3) is 3.08. The molecule has 0 aliphatic heterocycles. The van der Waals surface area contributed by atoms with Crippen LogP contribution in [0.3, 0.4) is 0 Å². The van der Waals surface area contributed by atoms with Crippen molar-refractivity contribution in [1.82, 2.24) is 9.78 Å². The molecule has 2 aromatic rings. The Morgan fingerprint density at radius 3 is 2.65 bits per heavy atom. The molecule has 0 atom stereocenters. The summed E-state index contributed by atoms with van der Waals surface area (Å²) in [5, 5.41) is 14.6. The molecule has 1 heterocycles. The summed E-state index contributed by atoms with van der Waals surface area (Å²) in [6.45, 7) is 6.17. The smallest absolute Gasteiger partial charge is 0.138 e. The summed E-state index contributed by atoms with van der Waals surface area (Å²) < 4.78 is 2.74. The second kappa shape index (κ2) is 6.29. The number of halogens is 2. The fourth-order valence-corrected chi connectivity index (χ4v) is 2.97. The van der Waals surface area contributed by atoms with Crippen LogP contribution in [0.5, 0.6) is 0 Å². The summed E-state index contributed by atoms with van der Waals surface area (Å²) in [4.78, 5) is 0. The van der Waals surface area contributed by atoms with E-state index in [0.29, 0.717) is 11.1 Å². The number of rotatable bonds is 4. The van der Waals surface area contributed by atoms with Crippen LogP contribution in [-0.4, -0.2) is 14.9 Å². The van der Waals surface area contributed by atoms with E-state index >= 15 is 0 Å². The summed E-state index contributed by atoms with van der Waals surface area (Å²) in [5.41, 5.74) is 3.60. The number of hydrogen-bond donors (Lipinski definition) is 1. The Balaban J connectivity index is 2.54. The zero-order chi connectivity index (χ0) is 14.9. The molecule has 1 N–H and O–H groups in total. The molecule has 0 radical (unpaired) electrons. The van der Waals surface area contributed by atoms with Gasteiger partial charge in [-0.25, -0.2) is 4.68 Å². The Bertz CT molecular complexity index is 623. The second-order valence-electron chi connectivity index (χ2n) is 5.31. The van der Waals surface area contributed by atoms with Crippen LogP contribution >= 0.6 is 27.5 Å². The van der Waals surface area contributed by atoms with Crippen molar-refractivity contribution in [2.24, 2.45) is 5.92 Å². The molecule has 0 saturated carbocycles. The molecule has 0 saturated heterocycles. The Morgan fingerprint density at radius 2 is 2.10 bits per heavy atom. The average molecular weight is 358 g/mol. The van der Waals surface area contributed by atoms with Crippen LogP contribution < -0.4 is 0 Å². The summed E-state index contributed by atoms with van der Waals surface area (Å²) in [5.74, 6) is 0.464. The van der Waals surface area contributed by atoms with Crippen molar-refractivity contribution in [1.29, 1.82) is 0 Å². The zero-order valence-corrected chi connectivity index (χ0v) is 14.2. The third-order valence-corrected chi connectivity index (χ3v) is 4.03. The molecule has 0 fully saturated rings. The van der Waals surface area contributed by atoms with E-state index in [9.17, 15) is 5.11 Å². The Kier molecular flexibility index (Phi) is 4.89. The van der Waals surface area contributed by atoms with Crippen molar-refractivity contribution in [3.63, 3.8) is 0 Å². The van der Waals surface area contributed by atoms with Gasteiger partial charge in [0.1, 0.15) is 5.15 Å². The Hall–Kier alpha value is -0.840. The summed E-state index contributed by atoms with van der Waals surface area (Å²) >= 11 is 9.84. The van der Waals surface area contributed by atoms with E-state index in [2.05, 4.69) is 34.9 Å². The van der Waals surface area contributed by atoms with Crippen LogP contribution in [0.15, 0.2) is 22.7 Å². The lowest BCUT2D eigenvalue weighted by Gasteiger charge is -2.07. The van der Waals surface area contributed by atoms with Crippen LogP contribution in [0.1, 0.15) is 30.7 Å². The lowest BCUT2D eigenvalue weighted by atomic mass is 10.1. The summed E-state index contributed by atoms with van der Waals surface area (Å²) in [6.07, 6.45) is 0.804. The van der Waals surface area contributed by atoms with Gasteiger partial charge in [0, 0.05) is 10.0 Å². The monoisotopic (exact) mass is 356 g/mol. The van der Waals surface area contributed by atoms with E-state index in [1.165, 1.54) is 0 Å². The molecule has 0 bridgehead atoms. The number of aromatic nitrogens is 2. The highest BCUT2D eigenvalue weighted by molar-refractivity contribution is 9.10. The van der Waals surface area contributed by atoms with E-state index in [-0.39, 0.29) is 6.61 Å². The highest BCUT2D eigenvalue weighted by Gasteiger charge is 2.18. The van der Waals surface area contributed by atoms with Gasteiger partial charge in [-0.05, 0) is 43.0 Å². The molecule has 0 unspecified atom stereocenters. The number of aliphatic hydroxyl groups excluding tert-OH is 1. The Morgan fingerprint density at radius 1 is 1.40 bits per heavy atom. The maximum Gasteiger partial charge on any atom is 0.138 e. The number of aryl methyl sites for hydroxylation is 1. The third-order valence-electron chi connectivity index (χ3n) is 3.15. The van der Waals surface area contributed by atoms with Crippen molar-refractivity contribution in [3.8, 4) is 5.69 Å². The van der Waals surface area contributed by atoms with Crippen molar-refractivity contribution >= 4 is 27.5 Å². The van der Waals surface area contributed by atoms with Gasteiger partial charge in [0.05, 0.1) is 18.0 Å². The molecule has 1 aromatic heterocycles. The van der Waals surface area contributed by atoms with Crippen LogP contribution in [0.25, 0.3) is 5.69 Å². The molecule has 1 aromatic carbocycles. The molecule has 0 spiro atoms. The number of nitrogens with zero attached hydrogens (tertiary/aromatic N) is 2. The minimum atomic E-state index is -0.0868. The van der Waals surface area contributed by atoms with E-state index in [1.807, 2.05) is 25.1 Å². The van der Waals surface area contributed by atoms with Crippen molar-refractivity contribution < 1.29 is 5.11 Å². The first-order valence-electron chi connectivity index (χ1n) is 6.57. The van der Waals surface area contributed by atoms with Crippen LogP contribution in [-0.2, 0) is 13.0 Å². The summed E-state index contributed by atoms with van der Waals surface area (Å²) in [7, 11) is 0. The molecule has 0 amide bonds. The van der Waals surface area contributed by atoms with Gasteiger partial charge in [-0.3, -0.25) is 0 Å². The lowest BCUT2D eigenvalue weighted by molar-refractivity contribution is 0.280. The Labute approximate surface area is 132 Å². The SMILES string of the molecule is Cc1cc(Br)ccc1-n1nc(CC(C)C)c(CO)c1Cl. The lowest BCUT2D eigenvalue weighted by Crippen LogP contribution is -2.01. The predicted molar refractivity (Wildman–Crippen MR) is 85.5 cm³/mol. The zero-order valence-electron chi connectivity index (χ0n) is 11.8. The molecule has 0 aliphatic rings. The first-order valence-corrected chi connectivity index (χ1v) is 7.74. The molecule has 3 nitrogen and oxygen atoms in total. The first kappa shape index (κ1) is 15.5. The van der Waals surface area contributed by atoms with Gasteiger partial charge in [0.25, 0.3) is 0 Å². The highest BCUT2D eigenvalue weighted by Crippen LogP contribution is 2.28. The van der Waals surface area contributed by atoms with Gasteiger partial charge in [0.2, 0.25) is 0 Å². The predicted octanol–water partition coefficient (Wildman–Crippen LogP) is 4.29. The standard InChI is InChI=1S/C15H18BrClN2O/c1-9(2)6-13-12(8-20)15(17)19(18-13)14-5-4-11(16)7-10(14)3/h4-5,7,9,20H,6,8H2,1-3H3. The molecule has 0 aliphatic carbocycles. The van der Waals surface area contributed by atoms with Gasteiger partial charge in [0.15, 0.2) is 0 Å². The topological polar surface area (TPSA) is 38.0 Å². The van der Waals surface area contributed by atoms with E-state index in [0.717, 1.165) is 33.4 Å². The quantitative estimate of drug-likeness (QED) is 0.886. The number of aliphatic hydroxyl groups is 1. The fraction of sp³-hybridized carbons (Fsp3) is 0.400. The molecule has 2 rings (SSSR count). The molecular formula is C15H18BrClN2O. The van der Waals surface area contributed by atoms with Crippen molar-refractivity contribution in [3.05, 3.63) is 44.6 Å². The van der Waals surface area contributed by atoms with Crippen LogP contribution in [0.4, 0.5) is 0 Å². The van der Waals surface area contributed by atoms with Crippen LogP contribution in [0, 0.1) is 12.8 Å². The van der Waals surface area contributed by atoms with E-state index < -0.39 is 0 Å². The van der Waals surface area contributed by atoms with Gasteiger partial charge in [-0.1, -0.05) is 41.4 Å². The minimum absolute atomic E-state index is 0.0868. The average Bonchev–Trinajstić information content (AvgIpc) is 2.65. The maximum atomic E-state index is 9.54. The normalized spacial score (nSPS) is 11.3. The summed E-state index contributed by atoms with van der Waals surface area (Å²) in [6, 6.07) is 5.95. The molecule has 20 heavy (non-hydrogen) atoms. The molecular weight excluding hydrogens is 340 g/mol. The number of benzene rings is 1. The van der Waals surface area contributed by atoms with Gasteiger partial charge in [-0.2, -0.15) is 5.10 Å². The minimum Gasteiger partial charge on any atom is -0.391 e. The van der Waals surface area contributed by atoms with Gasteiger partial charge >= 0.3 is 0 Å². The van der Waals surface area contributed by atoms with Crippen molar-refractivity contribution in [2.45, 2.75) is 33.8 Å². The first-order chi connectivity index (χ1) is 9.43. The second-order valence-corrected chi connectivity index (χ2v) is 6.59. The van der Waals surface area contributed by atoms with Gasteiger partial charge in [-0.15, -0.1) is 0 Å².